The van der Waals surface area contributed by atoms with Crippen molar-refractivity contribution in [2.45, 2.75) is 60.0 Å². The molecule has 0 fully saturated rings. The maximum atomic E-state index is 6.41. The maximum absolute atomic E-state index is 6.41. The number of nitrogens with one attached hydrogen (secondary N) is 1. The molecule has 5 heteroatoms. The normalized spacial score (nSPS) is 13.9. The Labute approximate surface area is 115 Å². The molecule has 0 spiro atoms. The predicted octanol–water partition coefficient (Wildman–Crippen LogP) is 2.54. The van der Waals surface area contributed by atoms with Gasteiger partial charge in [-0.05, 0) is 18.8 Å². The first-order valence-electron chi connectivity index (χ1n) is 6.55. The summed E-state index contributed by atoms with van der Waals surface area (Å²) in [5.74, 6) is 5.66. The SMILES string of the molecule is CCc1nn(CC)c(CC(NN)C(C)(C)C)c1Cl. The number of nitrogens with two attached hydrogens (primary N) is 1. The van der Waals surface area contributed by atoms with Gasteiger partial charge in [0.05, 0.1) is 16.4 Å². The lowest BCUT2D eigenvalue weighted by atomic mass is 9.84. The van der Waals surface area contributed by atoms with Crippen LogP contribution in [0.2, 0.25) is 5.02 Å². The Morgan fingerprint density at radius 2 is 2.00 bits per heavy atom. The van der Waals surface area contributed by atoms with Crippen LogP contribution in [0.1, 0.15) is 46.0 Å². The van der Waals surface area contributed by atoms with Crippen molar-refractivity contribution in [1.29, 1.82) is 0 Å². The molecule has 0 aromatic carbocycles. The number of hydrogen-bond acceptors (Lipinski definition) is 3. The Bertz CT molecular complexity index is 392. The van der Waals surface area contributed by atoms with E-state index in [-0.39, 0.29) is 11.5 Å². The highest BCUT2D eigenvalue weighted by molar-refractivity contribution is 6.31. The van der Waals surface area contributed by atoms with Gasteiger partial charge in [0.2, 0.25) is 0 Å². The zero-order valence-electron chi connectivity index (χ0n) is 12.0. The molecule has 18 heavy (non-hydrogen) atoms. The van der Waals surface area contributed by atoms with E-state index in [1.807, 2.05) is 4.68 Å². The summed E-state index contributed by atoms with van der Waals surface area (Å²) >= 11 is 6.41. The van der Waals surface area contributed by atoms with Crippen molar-refractivity contribution in [1.82, 2.24) is 15.2 Å². The van der Waals surface area contributed by atoms with Gasteiger partial charge in [-0.3, -0.25) is 16.0 Å². The number of nitrogens with zero attached hydrogens (tertiary/aromatic N) is 2. The second-order valence-electron chi connectivity index (χ2n) is 5.67. The molecule has 1 aromatic heterocycles. The van der Waals surface area contributed by atoms with Crippen LogP contribution in [-0.2, 0) is 19.4 Å². The summed E-state index contributed by atoms with van der Waals surface area (Å²) in [6, 6.07) is 0.168. The molecule has 104 valence electrons. The fraction of sp³-hybridized carbons (Fsp3) is 0.769. The average molecular weight is 273 g/mol. The lowest BCUT2D eigenvalue weighted by molar-refractivity contribution is 0.265. The molecule has 0 bridgehead atoms. The Kier molecular flexibility index (Phi) is 5.20. The van der Waals surface area contributed by atoms with E-state index in [0.717, 1.165) is 35.8 Å². The highest BCUT2D eigenvalue weighted by Crippen LogP contribution is 2.27. The van der Waals surface area contributed by atoms with E-state index < -0.39 is 0 Å². The minimum absolute atomic E-state index is 0.0767. The zero-order valence-corrected chi connectivity index (χ0v) is 12.8. The number of aryl methyl sites for hydroxylation is 2. The number of aromatic nitrogens is 2. The highest BCUT2D eigenvalue weighted by Gasteiger charge is 2.27. The number of hydrogen-bond donors (Lipinski definition) is 2. The molecule has 0 radical (unpaired) electrons. The molecule has 0 aliphatic rings. The van der Waals surface area contributed by atoms with Gasteiger partial charge >= 0.3 is 0 Å². The first kappa shape index (κ1) is 15.5. The lowest BCUT2D eigenvalue weighted by Crippen LogP contribution is -2.46. The molecule has 0 saturated carbocycles. The van der Waals surface area contributed by atoms with Crippen molar-refractivity contribution >= 4 is 11.6 Å². The van der Waals surface area contributed by atoms with E-state index in [1.54, 1.807) is 0 Å². The third-order valence-electron chi connectivity index (χ3n) is 3.34. The molecule has 1 atom stereocenters. The van der Waals surface area contributed by atoms with E-state index in [0.29, 0.717) is 0 Å². The van der Waals surface area contributed by atoms with Crippen LogP contribution in [0.3, 0.4) is 0 Å². The Morgan fingerprint density at radius 3 is 2.39 bits per heavy atom. The van der Waals surface area contributed by atoms with Gasteiger partial charge in [-0.15, -0.1) is 0 Å². The molecule has 3 N–H and O–H groups in total. The molecule has 1 rings (SSSR count). The molecule has 0 aliphatic heterocycles. The van der Waals surface area contributed by atoms with Crippen molar-refractivity contribution in [3.05, 3.63) is 16.4 Å². The van der Waals surface area contributed by atoms with Gasteiger partial charge in [0.1, 0.15) is 0 Å². The minimum Gasteiger partial charge on any atom is -0.271 e. The maximum Gasteiger partial charge on any atom is 0.0850 e. The second kappa shape index (κ2) is 6.04. The van der Waals surface area contributed by atoms with Gasteiger partial charge in [-0.1, -0.05) is 39.3 Å². The first-order chi connectivity index (χ1) is 8.35. The average Bonchev–Trinajstić information content (AvgIpc) is 2.60. The summed E-state index contributed by atoms with van der Waals surface area (Å²) in [5, 5.41) is 5.33. The summed E-state index contributed by atoms with van der Waals surface area (Å²) in [6.45, 7) is 11.5. The number of rotatable bonds is 5. The smallest absolute Gasteiger partial charge is 0.0850 e. The zero-order chi connectivity index (χ0) is 13.9. The van der Waals surface area contributed by atoms with Crippen LogP contribution >= 0.6 is 11.6 Å². The molecular weight excluding hydrogens is 248 g/mol. The molecule has 1 unspecified atom stereocenters. The molecule has 0 saturated heterocycles. The third kappa shape index (κ3) is 3.25. The topological polar surface area (TPSA) is 55.9 Å². The fourth-order valence-electron chi connectivity index (χ4n) is 2.02. The minimum atomic E-state index is 0.0767. The first-order valence-corrected chi connectivity index (χ1v) is 6.93. The number of halogens is 1. The Hall–Kier alpha value is -0.580. The van der Waals surface area contributed by atoms with Crippen LogP contribution in [0.15, 0.2) is 0 Å². The molecule has 4 nitrogen and oxygen atoms in total. The molecule has 0 aliphatic carbocycles. The van der Waals surface area contributed by atoms with Gasteiger partial charge in [-0.2, -0.15) is 5.10 Å². The van der Waals surface area contributed by atoms with Crippen molar-refractivity contribution in [2.75, 3.05) is 0 Å². The molecule has 1 aromatic rings. The standard InChI is InChI=1S/C13H25ClN4/c1-6-9-12(14)10(18(7-2)17-9)8-11(16-15)13(3,4)5/h11,16H,6-8,15H2,1-5H3. The van der Waals surface area contributed by atoms with Gasteiger partial charge in [0.15, 0.2) is 0 Å². The van der Waals surface area contributed by atoms with E-state index in [1.165, 1.54) is 0 Å². The quantitative estimate of drug-likeness (QED) is 0.640. The van der Waals surface area contributed by atoms with Gasteiger partial charge in [-0.25, -0.2) is 0 Å². The van der Waals surface area contributed by atoms with Crippen LogP contribution < -0.4 is 11.3 Å². The third-order valence-corrected chi connectivity index (χ3v) is 3.77. The summed E-state index contributed by atoms with van der Waals surface area (Å²) in [7, 11) is 0. The van der Waals surface area contributed by atoms with Gasteiger partial charge in [0.25, 0.3) is 0 Å². The Balaban J connectivity index is 3.05. The number of hydrazine groups is 1. The molecule has 1 heterocycles. The van der Waals surface area contributed by atoms with Crippen molar-refractivity contribution in [3.63, 3.8) is 0 Å². The van der Waals surface area contributed by atoms with E-state index in [2.05, 4.69) is 45.1 Å². The van der Waals surface area contributed by atoms with Crippen LogP contribution in [0.5, 0.6) is 0 Å². The van der Waals surface area contributed by atoms with Crippen molar-refractivity contribution < 1.29 is 0 Å². The summed E-state index contributed by atoms with van der Waals surface area (Å²) in [6.07, 6.45) is 1.65. The summed E-state index contributed by atoms with van der Waals surface area (Å²) < 4.78 is 1.98. The van der Waals surface area contributed by atoms with Crippen LogP contribution in [0.25, 0.3) is 0 Å². The fourth-order valence-corrected chi connectivity index (χ4v) is 2.37. The van der Waals surface area contributed by atoms with E-state index >= 15 is 0 Å². The lowest BCUT2D eigenvalue weighted by Gasteiger charge is -2.30. The van der Waals surface area contributed by atoms with E-state index in [4.69, 9.17) is 17.4 Å². The van der Waals surface area contributed by atoms with E-state index in [9.17, 15) is 0 Å². The van der Waals surface area contributed by atoms with Crippen LogP contribution in [-0.4, -0.2) is 15.8 Å². The summed E-state index contributed by atoms with van der Waals surface area (Å²) in [4.78, 5) is 0. The largest absolute Gasteiger partial charge is 0.271 e. The molecule has 0 amide bonds. The second-order valence-corrected chi connectivity index (χ2v) is 6.04. The van der Waals surface area contributed by atoms with Crippen LogP contribution in [0.4, 0.5) is 0 Å². The van der Waals surface area contributed by atoms with Crippen molar-refractivity contribution in [3.8, 4) is 0 Å². The van der Waals surface area contributed by atoms with Gasteiger partial charge in [0, 0.05) is 19.0 Å². The predicted molar refractivity (Wildman–Crippen MR) is 76.6 cm³/mol. The van der Waals surface area contributed by atoms with Gasteiger partial charge < -0.3 is 0 Å². The Morgan fingerprint density at radius 1 is 1.39 bits per heavy atom. The van der Waals surface area contributed by atoms with Crippen LogP contribution in [0, 0.1) is 5.41 Å². The molecular formula is C13H25ClN4. The van der Waals surface area contributed by atoms with Crippen molar-refractivity contribution in [2.24, 2.45) is 11.3 Å². The highest BCUT2D eigenvalue weighted by atomic mass is 35.5. The summed E-state index contributed by atoms with van der Waals surface area (Å²) in [5.41, 5.74) is 5.02. The monoisotopic (exact) mass is 272 g/mol.